The van der Waals surface area contributed by atoms with Crippen LogP contribution in [-0.2, 0) is 16.1 Å². The van der Waals surface area contributed by atoms with Crippen molar-refractivity contribution in [3.8, 4) is 0 Å². The smallest absolute Gasteiger partial charge is 0.411 e. The van der Waals surface area contributed by atoms with Gasteiger partial charge in [0, 0.05) is 5.92 Å². The molecule has 0 radical (unpaired) electrons. The summed E-state index contributed by atoms with van der Waals surface area (Å²) in [7, 11) is 0. The van der Waals surface area contributed by atoms with Crippen LogP contribution < -0.4 is 0 Å². The van der Waals surface area contributed by atoms with E-state index in [1.807, 2.05) is 49.9 Å². The molecule has 1 aliphatic heterocycles. The highest BCUT2D eigenvalue weighted by atomic mass is 16.6. The molecule has 5 nitrogen and oxygen atoms in total. The summed E-state index contributed by atoms with van der Waals surface area (Å²) in [5.41, 5.74) is 0.325. The first-order valence-corrected chi connectivity index (χ1v) is 14.3. The van der Waals surface area contributed by atoms with Gasteiger partial charge in [-0.05, 0) is 58.4 Å². The highest BCUT2D eigenvalue weighted by molar-refractivity contribution is 5.70. The maximum atomic E-state index is 13.6. The molecule has 1 aromatic carbocycles. The summed E-state index contributed by atoms with van der Waals surface area (Å²) in [4.78, 5) is 15.7. The number of unbranched alkanes of at least 4 members (excludes halogenated alkanes) is 3. The quantitative estimate of drug-likeness (QED) is 0.254. The topological polar surface area (TPSA) is 59.0 Å². The van der Waals surface area contributed by atoms with Gasteiger partial charge < -0.3 is 14.6 Å². The Morgan fingerprint density at radius 1 is 1.14 bits per heavy atom. The number of benzene rings is 1. The van der Waals surface area contributed by atoms with Crippen molar-refractivity contribution in [2.24, 2.45) is 5.92 Å². The van der Waals surface area contributed by atoms with Gasteiger partial charge in [-0.25, -0.2) is 4.79 Å². The zero-order chi connectivity index (χ0) is 26.0. The van der Waals surface area contributed by atoms with Gasteiger partial charge in [0.25, 0.3) is 0 Å². The molecule has 2 fully saturated rings. The van der Waals surface area contributed by atoms with Gasteiger partial charge in [0.05, 0.1) is 30.9 Å². The van der Waals surface area contributed by atoms with Crippen LogP contribution in [0.1, 0.15) is 104 Å². The van der Waals surface area contributed by atoms with Crippen LogP contribution in [0.15, 0.2) is 42.5 Å². The van der Waals surface area contributed by atoms with Gasteiger partial charge >= 0.3 is 6.09 Å². The summed E-state index contributed by atoms with van der Waals surface area (Å²) in [6, 6.07) is 10.2. The van der Waals surface area contributed by atoms with Crippen molar-refractivity contribution in [1.29, 1.82) is 0 Å². The number of rotatable bonds is 11. The largest absolute Gasteiger partial charge is 0.444 e. The SMILES string of the molecule is CCCCCC[C@H](O)/C=C\C1CCCCC12CC[C@@H](COCc1ccccc1)N2C(=O)OC(C)(C)C. The average Bonchev–Trinajstić information content (AvgIpc) is 3.19. The van der Waals surface area contributed by atoms with Crippen molar-refractivity contribution in [2.45, 2.75) is 128 Å². The van der Waals surface area contributed by atoms with E-state index in [1.54, 1.807) is 0 Å². The van der Waals surface area contributed by atoms with Crippen molar-refractivity contribution < 1.29 is 19.4 Å². The maximum Gasteiger partial charge on any atom is 0.411 e. The molecule has 5 heteroatoms. The molecule has 0 bridgehead atoms. The molecule has 1 amide bonds. The Morgan fingerprint density at radius 3 is 2.64 bits per heavy atom. The van der Waals surface area contributed by atoms with E-state index in [1.165, 1.54) is 19.3 Å². The molecule has 3 rings (SSSR count). The Balaban J connectivity index is 1.74. The van der Waals surface area contributed by atoms with E-state index in [4.69, 9.17) is 9.47 Å². The first kappa shape index (κ1) is 28.7. The van der Waals surface area contributed by atoms with E-state index in [-0.39, 0.29) is 23.6 Å². The summed E-state index contributed by atoms with van der Waals surface area (Å²) in [5, 5.41) is 10.6. The van der Waals surface area contributed by atoms with Crippen LogP contribution in [0.4, 0.5) is 4.79 Å². The maximum absolute atomic E-state index is 13.6. The van der Waals surface area contributed by atoms with Gasteiger partial charge in [0.1, 0.15) is 5.60 Å². The molecule has 2 unspecified atom stereocenters. The number of amides is 1. The summed E-state index contributed by atoms with van der Waals surface area (Å²) in [5.74, 6) is 0.225. The third kappa shape index (κ3) is 8.08. The van der Waals surface area contributed by atoms with E-state index in [9.17, 15) is 9.90 Å². The lowest BCUT2D eigenvalue weighted by molar-refractivity contribution is -0.0347. The molecule has 0 aromatic heterocycles. The summed E-state index contributed by atoms with van der Waals surface area (Å²) in [6.07, 6.45) is 15.2. The molecular formula is C31H49NO4. The molecule has 1 aromatic rings. The molecule has 1 spiro atoms. The van der Waals surface area contributed by atoms with Crippen LogP contribution >= 0.6 is 0 Å². The average molecular weight is 500 g/mol. The molecule has 2 aliphatic rings. The number of carbonyl (C=O) groups excluding carboxylic acids is 1. The van der Waals surface area contributed by atoms with Crippen LogP contribution in [-0.4, -0.2) is 46.0 Å². The first-order valence-electron chi connectivity index (χ1n) is 14.3. The van der Waals surface area contributed by atoms with Crippen molar-refractivity contribution in [2.75, 3.05) is 6.61 Å². The van der Waals surface area contributed by atoms with E-state index >= 15 is 0 Å². The molecular weight excluding hydrogens is 450 g/mol. The van der Waals surface area contributed by atoms with Crippen molar-refractivity contribution in [3.63, 3.8) is 0 Å². The Hall–Kier alpha value is -1.85. The van der Waals surface area contributed by atoms with Crippen LogP contribution in [0.2, 0.25) is 0 Å². The highest BCUT2D eigenvalue weighted by Gasteiger charge is 2.54. The molecule has 1 saturated carbocycles. The normalized spacial score (nSPS) is 25.5. The predicted molar refractivity (Wildman–Crippen MR) is 146 cm³/mol. The Labute approximate surface area is 219 Å². The minimum Gasteiger partial charge on any atom is -0.444 e. The second kappa shape index (κ2) is 13.6. The van der Waals surface area contributed by atoms with Crippen LogP contribution in [0.5, 0.6) is 0 Å². The molecule has 1 heterocycles. The number of hydrogen-bond donors (Lipinski definition) is 1. The van der Waals surface area contributed by atoms with E-state index in [2.05, 4.69) is 25.1 Å². The Kier molecular flexibility index (Phi) is 10.9. The number of hydrogen-bond acceptors (Lipinski definition) is 4. The minimum absolute atomic E-state index is 0.00321. The fraction of sp³-hybridized carbons (Fsp3) is 0.710. The van der Waals surface area contributed by atoms with Crippen LogP contribution in [0.3, 0.4) is 0 Å². The lowest BCUT2D eigenvalue weighted by atomic mass is 9.71. The molecule has 1 saturated heterocycles. The summed E-state index contributed by atoms with van der Waals surface area (Å²) >= 11 is 0. The van der Waals surface area contributed by atoms with Gasteiger partial charge in [-0.3, -0.25) is 4.90 Å². The first-order chi connectivity index (χ1) is 17.2. The van der Waals surface area contributed by atoms with Crippen molar-refractivity contribution >= 4 is 6.09 Å². The second-order valence-electron chi connectivity index (χ2n) is 11.8. The van der Waals surface area contributed by atoms with Crippen LogP contribution in [0.25, 0.3) is 0 Å². The van der Waals surface area contributed by atoms with Gasteiger partial charge in [0.2, 0.25) is 0 Å². The number of aliphatic hydroxyl groups excluding tert-OH is 1. The zero-order valence-corrected chi connectivity index (χ0v) is 23.1. The number of aliphatic hydroxyl groups is 1. The predicted octanol–water partition coefficient (Wildman–Crippen LogP) is 7.42. The van der Waals surface area contributed by atoms with E-state index < -0.39 is 11.7 Å². The highest BCUT2D eigenvalue weighted by Crippen LogP contribution is 2.49. The third-order valence-corrected chi connectivity index (χ3v) is 7.75. The number of likely N-dealkylation sites (tertiary alicyclic amines) is 1. The molecule has 4 atom stereocenters. The van der Waals surface area contributed by atoms with Crippen molar-refractivity contribution in [3.05, 3.63) is 48.0 Å². The fourth-order valence-corrected chi connectivity index (χ4v) is 5.99. The van der Waals surface area contributed by atoms with Gasteiger partial charge in [-0.15, -0.1) is 0 Å². The standard InChI is InChI=1S/C31H49NO4/c1-5-6-7-11-17-28(33)19-18-26-16-12-13-21-31(26)22-20-27(32(31)29(34)36-30(2,3)4)24-35-23-25-14-9-8-10-15-25/h8-10,14-15,18-19,26-28,33H,5-7,11-13,16-17,20-24H2,1-4H3/b19-18-/t26?,27-,28-,31?/m0/s1. The Morgan fingerprint density at radius 2 is 1.92 bits per heavy atom. The lowest BCUT2D eigenvalue weighted by Crippen LogP contribution is -2.57. The van der Waals surface area contributed by atoms with Gasteiger partial charge in [0.15, 0.2) is 0 Å². The Bertz CT molecular complexity index is 818. The monoisotopic (exact) mass is 499 g/mol. The minimum atomic E-state index is -0.551. The number of nitrogens with zero attached hydrogens (tertiary/aromatic N) is 1. The zero-order valence-electron chi connectivity index (χ0n) is 23.1. The molecule has 1 aliphatic carbocycles. The number of carbonyl (C=O) groups is 1. The second-order valence-corrected chi connectivity index (χ2v) is 11.8. The molecule has 1 N–H and O–H groups in total. The lowest BCUT2D eigenvalue weighted by Gasteiger charge is -2.48. The third-order valence-electron chi connectivity index (χ3n) is 7.75. The molecule has 36 heavy (non-hydrogen) atoms. The van der Waals surface area contributed by atoms with Gasteiger partial charge in [-0.2, -0.15) is 0 Å². The molecule has 202 valence electrons. The van der Waals surface area contributed by atoms with Crippen LogP contribution in [0, 0.1) is 5.92 Å². The van der Waals surface area contributed by atoms with Gasteiger partial charge in [-0.1, -0.05) is 87.9 Å². The van der Waals surface area contributed by atoms with E-state index in [0.717, 1.165) is 56.9 Å². The van der Waals surface area contributed by atoms with Crippen molar-refractivity contribution in [1.82, 2.24) is 4.90 Å². The summed E-state index contributed by atoms with van der Waals surface area (Å²) < 4.78 is 12.1. The van der Waals surface area contributed by atoms with E-state index in [0.29, 0.717) is 13.2 Å². The number of ether oxygens (including phenoxy) is 2. The summed E-state index contributed by atoms with van der Waals surface area (Å²) in [6.45, 7) is 9.05. The fourth-order valence-electron chi connectivity index (χ4n) is 5.99.